The summed E-state index contributed by atoms with van der Waals surface area (Å²) in [7, 11) is 0. The number of halogens is 1. The number of imide groups is 1. The van der Waals surface area contributed by atoms with E-state index in [0.717, 1.165) is 16.0 Å². The molecule has 0 bridgehead atoms. The molecule has 9 nitrogen and oxygen atoms in total. The van der Waals surface area contributed by atoms with Crippen molar-refractivity contribution in [1.82, 2.24) is 21.1 Å². The normalized spacial score (nSPS) is 14.5. The number of nitrogens with one attached hydrogen (secondary N) is 3. The molecule has 0 unspecified atom stereocenters. The Morgan fingerprint density at radius 3 is 2.41 bits per heavy atom. The van der Waals surface area contributed by atoms with Crippen molar-refractivity contribution in [3.8, 4) is 5.75 Å². The van der Waals surface area contributed by atoms with Crippen molar-refractivity contribution in [2.24, 2.45) is 0 Å². The van der Waals surface area contributed by atoms with Gasteiger partial charge in [-0.15, -0.1) is 0 Å². The predicted octanol–water partition coefficient (Wildman–Crippen LogP) is 3.10. The van der Waals surface area contributed by atoms with E-state index < -0.39 is 23.4 Å². The highest BCUT2D eigenvalue weighted by atomic mass is 35.5. The third-order valence-electron chi connectivity index (χ3n) is 5.30. The number of carbonyl (C=O) groups is 4. The van der Waals surface area contributed by atoms with Gasteiger partial charge in [-0.25, -0.2) is 4.79 Å². The number of hydrogen-bond donors (Lipinski definition) is 3. The van der Waals surface area contributed by atoms with E-state index in [2.05, 4.69) is 16.2 Å². The minimum Gasteiger partial charge on any atom is -0.489 e. The van der Waals surface area contributed by atoms with E-state index in [9.17, 15) is 19.2 Å². The Morgan fingerprint density at radius 1 is 1.09 bits per heavy atom. The molecule has 1 heterocycles. The smallest absolute Gasteiger partial charge is 0.325 e. The molecule has 2 aromatic carbocycles. The minimum atomic E-state index is -0.941. The third-order valence-corrected chi connectivity index (χ3v) is 5.72. The molecule has 34 heavy (non-hydrogen) atoms. The fourth-order valence-corrected chi connectivity index (χ4v) is 3.42. The summed E-state index contributed by atoms with van der Waals surface area (Å²) >= 11 is 6.01. The Balaban J connectivity index is 1.39. The van der Waals surface area contributed by atoms with Crippen molar-refractivity contribution in [2.45, 2.75) is 45.8 Å². The number of nitrogens with zero attached hydrogens (tertiary/aromatic N) is 1. The number of urea groups is 1. The Kier molecular flexibility index (Phi) is 7.78. The molecular weight excluding hydrogens is 460 g/mol. The molecule has 3 N–H and O–H groups in total. The monoisotopic (exact) mass is 486 g/mol. The first-order valence-corrected chi connectivity index (χ1v) is 11.2. The largest absolute Gasteiger partial charge is 0.489 e. The van der Waals surface area contributed by atoms with E-state index in [1.807, 2.05) is 13.0 Å². The SMILES string of the molecule is Cc1cc(OCc2ccc(C(=O)NNC(=O)CCCN3C(=O)NC(C)(C)C3=O)cc2)ccc1Cl. The van der Waals surface area contributed by atoms with Gasteiger partial charge in [-0.05, 0) is 68.7 Å². The van der Waals surface area contributed by atoms with Gasteiger partial charge in [0.05, 0.1) is 0 Å². The average Bonchev–Trinajstić information content (AvgIpc) is 2.99. The first kappa shape index (κ1) is 25.0. The zero-order valence-corrected chi connectivity index (χ0v) is 20.0. The molecule has 0 spiro atoms. The van der Waals surface area contributed by atoms with Gasteiger partial charge in [0.15, 0.2) is 0 Å². The molecule has 0 aromatic heterocycles. The van der Waals surface area contributed by atoms with E-state index in [4.69, 9.17) is 16.3 Å². The van der Waals surface area contributed by atoms with Crippen LogP contribution in [-0.4, -0.2) is 40.7 Å². The van der Waals surface area contributed by atoms with Crippen LogP contribution in [0.4, 0.5) is 4.79 Å². The first-order chi connectivity index (χ1) is 16.1. The second-order valence-corrected chi connectivity index (χ2v) is 8.92. The summed E-state index contributed by atoms with van der Waals surface area (Å²) in [6.07, 6.45) is 0.316. The number of rotatable bonds is 8. The van der Waals surface area contributed by atoms with Crippen LogP contribution in [0, 0.1) is 6.92 Å². The van der Waals surface area contributed by atoms with Crippen LogP contribution in [0.2, 0.25) is 5.02 Å². The summed E-state index contributed by atoms with van der Waals surface area (Å²) in [5, 5.41) is 3.25. The highest BCUT2D eigenvalue weighted by molar-refractivity contribution is 6.31. The molecule has 180 valence electrons. The number of carbonyl (C=O) groups excluding carboxylic acids is 4. The van der Waals surface area contributed by atoms with Crippen molar-refractivity contribution in [2.75, 3.05) is 6.54 Å². The molecule has 2 aromatic rings. The molecule has 0 atom stereocenters. The molecule has 0 radical (unpaired) electrons. The Morgan fingerprint density at radius 2 is 1.79 bits per heavy atom. The molecule has 1 aliphatic heterocycles. The van der Waals surface area contributed by atoms with Gasteiger partial charge in [0.2, 0.25) is 5.91 Å². The van der Waals surface area contributed by atoms with Crippen LogP contribution in [0.3, 0.4) is 0 Å². The van der Waals surface area contributed by atoms with Crippen molar-refractivity contribution in [3.63, 3.8) is 0 Å². The Labute approximate surface area is 202 Å². The number of amides is 5. The van der Waals surface area contributed by atoms with Crippen molar-refractivity contribution >= 4 is 35.4 Å². The summed E-state index contributed by atoms with van der Waals surface area (Å²) in [4.78, 5) is 49.3. The van der Waals surface area contributed by atoms with Crippen molar-refractivity contribution in [1.29, 1.82) is 0 Å². The van der Waals surface area contributed by atoms with Gasteiger partial charge in [-0.3, -0.25) is 30.1 Å². The zero-order valence-electron chi connectivity index (χ0n) is 19.2. The maximum Gasteiger partial charge on any atom is 0.325 e. The molecule has 1 aliphatic rings. The first-order valence-electron chi connectivity index (χ1n) is 10.8. The third kappa shape index (κ3) is 6.26. The molecule has 1 fully saturated rings. The average molecular weight is 487 g/mol. The summed E-state index contributed by atoms with van der Waals surface area (Å²) in [5.74, 6) is -0.527. The number of benzene rings is 2. The standard InChI is InChI=1S/C24H27ClN4O5/c1-15-13-18(10-11-19(15)25)34-14-16-6-8-17(9-7-16)21(31)28-27-20(30)5-4-12-29-22(32)24(2,3)26-23(29)33/h6-11,13H,4-5,12,14H2,1-3H3,(H,26,33)(H,27,30)(H,28,31). The topological polar surface area (TPSA) is 117 Å². The number of hydrogen-bond acceptors (Lipinski definition) is 5. The molecule has 0 aliphatic carbocycles. The van der Waals surface area contributed by atoms with Crippen molar-refractivity contribution in [3.05, 3.63) is 64.2 Å². The lowest BCUT2D eigenvalue weighted by Crippen LogP contribution is -2.42. The fraction of sp³-hybridized carbons (Fsp3) is 0.333. The second-order valence-electron chi connectivity index (χ2n) is 8.51. The molecule has 0 saturated carbocycles. The maximum absolute atomic E-state index is 12.3. The fourth-order valence-electron chi connectivity index (χ4n) is 3.31. The molecule has 3 rings (SSSR count). The van der Waals surface area contributed by atoms with E-state index in [1.54, 1.807) is 50.2 Å². The lowest BCUT2D eigenvalue weighted by atomic mass is 10.1. The zero-order chi connectivity index (χ0) is 24.9. The minimum absolute atomic E-state index is 0.0399. The summed E-state index contributed by atoms with van der Waals surface area (Å²) in [5.41, 5.74) is 5.92. The summed E-state index contributed by atoms with van der Waals surface area (Å²) in [6.45, 7) is 5.59. The van der Waals surface area contributed by atoms with Gasteiger partial charge in [0, 0.05) is 23.6 Å². The number of aryl methyl sites for hydroxylation is 1. The van der Waals surface area contributed by atoms with Crippen LogP contribution in [-0.2, 0) is 16.2 Å². The molecular formula is C24H27ClN4O5. The van der Waals surface area contributed by atoms with Crippen molar-refractivity contribution < 1.29 is 23.9 Å². The van der Waals surface area contributed by atoms with Crippen LogP contribution in [0.5, 0.6) is 5.75 Å². The van der Waals surface area contributed by atoms with Crippen LogP contribution in [0.1, 0.15) is 48.2 Å². The second kappa shape index (κ2) is 10.6. The van der Waals surface area contributed by atoms with Gasteiger partial charge >= 0.3 is 6.03 Å². The Hall–Kier alpha value is -3.59. The summed E-state index contributed by atoms with van der Waals surface area (Å²) < 4.78 is 5.74. The van der Waals surface area contributed by atoms with Gasteiger partial charge < -0.3 is 10.1 Å². The predicted molar refractivity (Wildman–Crippen MR) is 126 cm³/mol. The number of ether oxygens (including phenoxy) is 1. The van der Waals surface area contributed by atoms with E-state index in [-0.39, 0.29) is 25.3 Å². The Bertz CT molecular complexity index is 1100. The van der Waals surface area contributed by atoms with E-state index >= 15 is 0 Å². The molecule has 5 amide bonds. The highest BCUT2D eigenvalue weighted by Gasteiger charge is 2.43. The maximum atomic E-state index is 12.3. The highest BCUT2D eigenvalue weighted by Crippen LogP contribution is 2.22. The summed E-state index contributed by atoms with van der Waals surface area (Å²) in [6, 6.07) is 11.7. The van der Waals surface area contributed by atoms with Gasteiger partial charge in [0.25, 0.3) is 11.8 Å². The van der Waals surface area contributed by atoms with Gasteiger partial charge in [0.1, 0.15) is 17.9 Å². The van der Waals surface area contributed by atoms with Crippen LogP contribution in [0.15, 0.2) is 42.5 Å². The van der Waals surface area contributed by atoms with Gasteiger partial charge in [-0.1, -0.05) is 23.7 Å². The lowest BCUT2D eigenvalue weighted by Gasteiger charge is -2.15. The van der Waals surface area contributed by atoms with Gasteiger partial charge in [-0.2, -0.15) is 0 Å². The quantitative estimate of drug-likeness (QED) is 0.391. The number of hydrazine groups is 1. The molecule has 10 heteroatoms. The van der Waals surface area contributed by atoms with Crippen LogP contribution in [0.25, 0.3) is 0 Å². The van der Waals surface area contributed by atoms with E-state index in [0.29, 0.717) is 22.9 Å². The van der Waals surface area contributed by atoms with Crippen LogP contribution >= 0.6 is 11.6 Å². The van der Waals surface area contributed by atoms with E-state index in [1.165, 1.54) is 0 Å². The lowest BCUT2D eigenvalue weighted by molar-refractivity contribution is -0.130. The molecule has 1 saturated heterocycles. The van der Waals surface area contributed by atoms with Crippen LogP contribution < -0.4 is 20.9 Å².